The van der Waals surface area contributed by atoms with Gasteiger partial charge in [-0.3, -0.25) is 19.4 Å². The minimum Gasteiger partial charge on any atom is -0.495 e. The Morgan fingerprint density at radius 1 is 0.656 bits per heavy atom. The molecule has 2 unspecified atom stereocenters. The Balaban J connectivity index is 0.000000171. The van der Waals surface area contributed by atoms with Crippen LogP contribution in [0.2, 0.25) is 5.02 Å². The maximum absolute atomic E-state index is 12.2. The van der Waals surface area contributed by atoms with E-state index in [9.17, 15) is 9.59 Å². The monoisotopic (exact) mass is 846 g/mol. The van der Waals surface area contributed by atoms with Gasteiger partial charge in [-0.05, 0) is 120 Å². The highest BCUT2D eigenvalue weighted by Gasteiger charge is 2.42. The Morgan fingerprint density at radius 2 is 1.23 bits per heavy atom. The summed E-state index contributed by atoms with van der Waals surface area (Å²) in [5, 5.41) is 2.81. The fourth-order valence-corrected chi connectivity index (χ4v) is 11.7. The summed E-state index contributed by atoms with van der Waals surface area (Å²) in [7, 11) is 1.69. The molecule has 2 aromatic heterocycles. The number of fused-ring (bicyclic) bond motifs is 6. The van der Waals surface area contributed by atoms with E-state index in [0.29, 0.717) is 12.1 Å². The van der Waals surface area contributed by atoms with E-state index in [1.165, 1.54) is 82.7 Å². The molecule has 0 saturated carbocycles. The molecular weight excluding hydrogens is 780 g/mol. The number of unbranched alkanes of at least 4 members (excludes halogenated alkanes) is 2. The molecule has 0 spiro atoms. The lowest BCUT2D eigenvalue weighted by Gasteiger charge is -2.39. The van der Waals surface area contributed by atoms with Gasteiger partial charge >= 0.3 is 0 Å². The first-order valence-electron chi connectivity index (χ1n) is 23.4. The van der Waals surface area contributed by atoms with Crippen molar-refractivity contribution >= 4 is 45.0 Å². The second-order valence-electron chi connectivity index (χ2n) is 18.4. The minimum absolute atomic E-state index is 0.0906. The van der Waals surface area contributed by atoms with E-state index in [1.54, 1.807) is 21.0 Å². The first-order chi connectivity index (χ1) is 29.7. The number of rotatable bonds is 17. The molecule has 3 aromatic carbocycles. The number of aromatic nitrogens is 2. The number of nitrogens with zero attached hydrogens (tertiary/aromatic N) is 4. The molecule has 4 aliphatic heterocycles. The SMILES string of the molecule is CCCCCC1C[C@H]2CC[C@@H](C1)N2CCCn1cc(C(C)=O)c2ccccc21.COc1cccc2c(C(C)=O)cn(CCCN3[C@@H]4CC[C@H]3CC(Oc3ccc(Cl)cc3)C4)c12. The second-order valence-corrected chi connectivity index (χ2v) is 18.8. The van der Waals surface area contributed by atoms with Crippen LogP contribution in [0.15, 0.2) is 79.1 Å². The highest BCUT2D eigenvalue weighted by molar-refractivity contribution is 6.30. The molecule has 6 atom stereocenters. The van der Waals surface area contributed by atoms with Crippen molar-refractivity contribution in [3.05, 3.63) is 95.3 Å². The maximum Gasteiger partial charge on any atom is 0.161 e. The van der Waals surface area contributed by atoms with Gasteiger partial charge in [-0.2, -0.15) is 0 Å². The summed E-state index contributed by atoms with van der Waals surface area (Å²) in [6.07, 6.45) is 22.5. The quantitative estimate of drug-likeness (QED) is 0.0686. The van der Waals surface area contributed by atoms with E-state index in [2.05, 4.69) is 50.3 Å². The van der Waals surface area contributed by atoms with E-state index in [4.69, 9.17) is 21.1 Å². The van der Waals surface area contributed by atoms with Crippen molar-refractivity contribution in [1.82, 2.24) is 18.9 Å². The zero-order valence-corrected chi connectivity index (χ0v) is 37.8. The predicted octanol–water partition coefficient (Wildman–Crippen LogP) is 12.0. The van der Waals surface area contributed by atoms with E-state index < -0.39 is 0 Å². The van der Waals surface area contributed by atoms with Crippen molar-refractivity contribution in [2.75, 3.05) is 20.2 Å². The highest BCUT2D eigenvalue weighted by atomic mass is 35.5. The molecule has 0 amide bonds. The number of hydrogen-bond acceptors (Lipinski definition) is 6. The Bertz CT molecular complexity index is 2230. The smallest absolute Gasteiger partial charge is 0.161 e. The topological polar surface area (TPSA) is 68.9 Å². The zero-order chi connectivity index (χ0) is 42.5. The molecule has 9 rings (SSSR count). The Kier molecular flexibility index (Phi) is 14.2. The zero-order valence-electron chi connectivity index (χ0n) is 37.0. The molecule has 0 radical (unpaired) electrons. The molecule has 6 heterocycles. The van der Waals surface area contributed by atoms with Crippen molar-refractivity contribution < 1.29 is 19.1 Å². The fraction of sp³-hybridized carbons (Fsp3) is 0.538. The number of benzene rings is 3. The van der Waals surface area contributed by atoms with Crippen LogP contribution >= 0.6 is 11.6 Å². The normalized spacial score (nSPS) is 23.6. The summed E-state index contributed by atoms with van der Waals surface area (Å²) in [5.41, 5.74) is 3.85. The standard InChI is InChI=1S/C27H31ClN2O3.C25H36N2O/c1-18(31)25-17-29(27-24(25)5-3-6-26(27)32-2)13-4-14-30-20-9-10-21(30)16-23(15-20)33-22-11-7-19(28)8-12-22;1-3-4-5-9-20-16-21-12-13-22(17-20)27(21)15-8-14-26-18-24(19(2)28)23-10-6-7-11-25(23)26/h3,5-8,11-12,17,20-21,23H,4,9-10,13-16H2,1-2H3;6-7,10-11,18,20-22H,3-5,8-9,12-17H2,1-2H3/t20-,21+,23?;20?,21-,22+. The molecular formula is C52H67ClN4O4. The molecule has 4 fully saturated rings. The maximum atomic E-state index is 12.2. The van der Waals surface area contributed by atoms with E-state index >= 15 is 0 Å². The van der Waals surface area contributed by atoms with Crippen molar-refractivity contribution in [3.63, 3.8) is 0 Å². The number of ketones is 2. The summed E-state index contributed by atoms with van der Waals surface area (Å²) in [4.78, 5) is 29.7. The van der Waals surface area contributed by atoms with Gasteiger partial charge in [0.25, 0.3) is 0 Å². The Morgan fingerprint density at radius 3 is 1.85 bits per heavy atom. The molecule has 4 bridgehead atoms. The lowest BCUT2D eigenvalue weighted by atomic mass is 9.86. The van der Waals surface area contributed by atoms with E-state index in [-0.39, 0.29) is 17.7 Å². The minimum atomic E-state index is 0.0906. The van der Waals surface area contributed by atoms with Gasteiger partial charge in [0, 0.05) is 95.2 Å². The summed E-state index contributed by atoms with van der Waals surface area (Å²) in [6, 6.07) is 24.8. The third-order valence-corrected chi connectivity index (χ3v) is 14.7. The third-order valence-electron chi connectivity index (χ3n) is 14.4. The number of Topliss-reactive ketones (excluding diaryl/α,β-unsaturated/α-hetero) is 2. The molecule has 61 heavy (non-hydrogen) atoms. The fourth-order valence-electron chi connectivity index (χ4n) is 11.6. The van der Waals surface area contributed by atoms with Gasteiger partial charge in [0.05, 0.1) is 12.6 Å². The van der Waals surface area contributed by atoms with Crippen molar-refractivity contribution in [2.24, 2.45) is 5.92 Å². The van der Waals surface area contributed by atoms with E-state index in [1.807, 2.05) is 54.7 Å². The number of halogens is 1. The van der Waals surface area contributed by atoms with Crippen LogP contribution in [0.3, 0.4) is 0 Å². The number of piperidine rings is 2. The van der Waals surface area contributed by atoms with Gasteiger partial charge < -0.3 is 18.6 Å². The van der Waals surface area contributed by atoms with Crippen LogP contribution in [-0.4, -0.2) is 81.0 Å². The Hall–Kier alpha value is -4.11. The predicted molar refractivity (Wildman–Crippen MR) is 249 cm³/mol. The van der Waals surface area contributed by atoms with Crippen LogP contribution in [-0.2, 0) is 13.1 Å². The van der Waals surface area contributed by atoms with Gasteiger partial charge in [0.2, 0.25) is 0 Å². The molecule has 326 valence electrons. The van der Waals surface area contributed by atoms with Crippen LogP contribution in [0.25, 0.3) is 21.8 Å². The van der Waals surface area contributed by atoms with Crippen LogP contribution in [0.1, 0.15) is 131 Å². The highest BCUT2D eigenvalue weighted by Crippen LogP contribution is 2.41. The van der Waals surface area contributed by atoms with Crippen LogP contribution in [0, 0.1) is 5.92 Å². The largest absolute Gasteiger partial charge is 0.495 e. The summed E-state index contributed by atoms with van der Waals surface area (Å²) in [6.45, 7) is 9.75. The third kappa shape index (κ3) is 9.92. The number of carbonyl (C=O) groups excluding carboxylic acids is 2. The molecule has 4 aliphatic rings. The molecule has 8 nitrogen and oxygen atoms in total. The Labute approximate surface area is 368 Å². The molecule has 9 heteroatoms. The van der Waals surface area contributed by atoms with Crippen molar-refractivity contribution in [1.29, 1.82) is 0 Å². The lowest BCUT2D eigenvalue weighted by molar-refractivity contribution is 0.0482. The second kappa shape index (κ2) is 19.9. The molecule has 0 N–H and O–H groups in total. The molecule has 0 aliphatic carbocycles. The van der Waals surface area contributed by atoms with E-state index in [0.717, 1.165) is 101 Å². The average molecular weight is 848 g/mol. The van der Waals surface area contributed by atoms with Crippen LogP contribution in [0.4, 0.5) is 0 Å². The van der Waals surface area contributed by atoms with Gasteiger partial charge in [-0.15, -0.1) is 0 Å². The van der Waals surface area contributed by atoms with Gasteiger partial charge in [-0.25, -0.2) is 0 Å². The first kappa shape index (κ1) is 43.5. The molecule has 5 aromatic rings. The summed E-state index contributed by atoms with van der Waals surface area (Å²) in [5.74, 6) is 2.96. The average Bonchev–Trinajstić information content (AvgIpc) is 3.96. The number of para-hydroxylation sites is 2. The van der Waals surface area contributed by atoms with Crippen molar-refractivity contribution in [3.8, 4) is 11.5 Å². The van der Waals surface area contributed by atoms with Crippen molar-refractivity contribution in [2.45, 2.75) is 154 Å². The first-order valence-corrected chi connectivity index (χ1v) is 23.8. The summed E-state index contributed by atoms with van der Waals surface area (Å²) < 4.78 is 16.4. The summed E-state index contributed by atoms with van der Waals surface area (Å²) >= 11 is 6.00. The van der Waals surface area contributed by atoms with Crippen LogP contribution < -0.4 is 9.47 Å². The number of carbonyl (C=O) groups is 2. The van der Waals surface area contributed by atoms with Gasteiger partial charge in [-0.1, -0.05) is 74.5 Å². The van der Waals surface area contributed by atoms with Gasteiger partial charge in [0.1, 0.15) is 17.6 Å². The number of ether oxygens (including phenoxy) is 2. The number of aryl methyl sites for hydroxylation is 2. The van der Waals surface area contributed by atoms with Gasteiger partial charge in [0.15, 0.2) is 11.6 Å². The lowest BCUT2D eigenvalue weighted by Crippen LogP contribution is -2.46. The number of methoxy groups -OCH3 is 1. The van der Waals surface area contributed by atoms with Crippen LogP contribution in [0.5, 0.6) is 11.5 Å². The molecule has 4 saturated heterocycles. The number of hydrogen-bond donors (Lipinski definition) is 0.